The van der Waals surface area contributed by atoms with Crippen molar-refractivity contribution in [1.29, 1.82) is 0 Å². The van der Waals surface area contributed by atoms with Crippen LogP contribution in [0.1, 0.15) is 11.4 Å². The Balaban J connectivity index is 1.34. The van der Waals surface area contributed by atoms with Crippen LogP contribution in [-0.4, -0.2) is 62.0 Å². The maximum Gasteiger partial charge on any atom is 0.434 e. The third-order valence-electron chi connectivity index (χ3n) is 5.29. The quantitative estimate of drug-likeness (QED) is 0.667. The molecule has 1 saturated heterocycles. The van der Waals surface area contributed by atoms with Crippen molar-refractivity contribution >= 4 is 6.09 Å². The minimum atomic E-state index is -0.648. The zero-order chi connectivity index (χ0) is 22.0. The first-order chi connectivity index (χ1) is 14.9. The van der Waals surface area contributed by atoms with Crippen LogP contribution < -0.4 is 4.84 Å². The van der Waals surface area contributed by atoms with Crippen LogP contribution in [0.25, 0.3) is 11.1 Å². The Labute approximate surface area is 178 Å². The number of hydrogen-bond acceptors (Lipinski definition) is 6. The van der Waals surface area contributed by atoms with Crippen LogP contribution in [0.15, 0.2) is 48.5 Å². The van der Waals surface area contributed by atoms with Gasteiger partial charge < -0.3 is 20.0 Å². The summed E-state index contributed by atoms with van der Waals surface area (Å²) < 4.78 is 14.8. The lowest BCUT2D eigenvalue weighted by Gasteiger charge is -2.33. The summed E-state index contributed by atoms with van der Waals surface area (Å²) in [7, 11) is 0. The predicted octanol–water partition coefficient (Wildman–Crippen LogP) is 2.78. The van der Waals surface area contributed by atoms with E-state index in [9.17, 15) is 19.4 Å². The maximum absolute atomic E-state index is 14.1. The van der Waals surface area contributed by atoms with E-state index in [0.29, 0.717) is 43.0 Å². The minimum absolute atomic E-state index is 0.273. The summed E-state index contributed by atoms with van der Waals surface area (Å²) in [4.78, 5) is 25.6. The molecular weight excluding hydrogens is 403 g/mol. The van der Waals surface area contributed by atoms with Crippen LogP contribution in [0.4, 0.5) is 9.18 Å². The van der Waals surface area contributed by atoms with Gasteiger partial charge in [0.15, 0.2) is 0 Å². The second kappa shape index (κ2) is 8.65. The third-order valence-corrected chi connectivity index (χ3v) is 5.29. The fourth-order valence-corrected chi connectivity index (χ4v) is 3.61. The lowest BCUT2D eigenvalue weighted by molar-refractivity contribution is 0.0553. The summed E-state index contributed by atoms with van der Waals surface area (Å²) >= 11 is 0. The highest BCUT2D eigenvalue weighted by Crippen LogP contribution is 2.25. The first-order valence-corrected chi connectivity index (χ1v) is 9.93. The molecule has 0 saturated carbocycles. The number of halogens is 1. The number of aromatic hydroxyl groups is 2. The highest BCUT2D eigenvalue weighted by atomic mass is 19.1. The van der Waals surface area contributed by atoms with Gasteiger partial charge in [0, 0.05) is 61.7 Å². The van der Waals surface area contributed by atoms with Crippen LogP contribution in [0, 0.1) is 12.7 Å². The molecule has 0 spiro atoms. The molecule has 3 aromatic rings. The van der Waals surface area contributed by atoms with Gasteiger partial charge in [0.05, 0.1) is 5.69 Å². The van der Waals surface area contributed by atoms with Gasteiger partial charge in [-0.1, -0.05) is 24.3 Å². The minimum Gasteiger partial charge on any atom is -0.492 e. The van der Waals surface area contributed by atoms with Crippen LogP contribution in [-0.2, 0) is 6.54 Å². The Kier molecular flexibility index (Phi) is 5.77. The summed E-state index contributed by atoms with van der Waals surface area (Å²) in [6, 6.07) is 12.9. The molecule has 0 aliphatic carbocycles. The average molecular weight is 426 g/mol. The molecule has 3 heterocycles. The van der Waals surface area contributed by atoms with Crippen molar-refractivity contribution in [3.63, 3.8) is 0 Å². The number of benzene rings is 1. The molecule has 2 aromatic heterocycles. The second-order valence-electron chi connectivity index (χ2n) is 7.38. The Morgan fingerprint density at radius 2 is 1.68 bits per heavy atom. The van der Waals surface area contributed by atoms with Crippen molar-refractivity contribution in [3.05, 3.63) is 65.7 Å². The van der Waals surface area contributed by atoms with Crippen molar-refractivity contribution in [3.8, 4) is 22.9 Å². The monoisotopic (exact) mass is 426 g/mol. The number of rotatable bonds is 4. The predicted molar refractivity (Wildman–Crippen MR) is 111 cm³/mol. The molecule has 0 radical (unpaired) electrons. The number of nitrogens with zero attached hydrogens (tertiary/aromatic N) is 4. The molecular formula is C22H23FN4O4. The fourth-order valence-electron chi connectivity index (χ4n) is 3.61. The van der Waals surface area contributed by atoms with Crippen LogP contribution >= 0.6 is 0 Å². The van der Waals surface area contributed by atoms with Gasteiger partial charge in [0.25, 0.3) is 0 Å². The topological polar surface area (TPSA) is 91.1 Å². The van der Waals surface area contributed by atoms with E-state index in [-0.39, 0.29) is 17.6 Å². The van der Waals surface area contributed by atoms with Crippen molar-refractivity contribution in [2.45, 2.75) is 13.5 Å². The second-order valence-corrected chi connectivity index (χ2v) is 7.38. The Hall–Kier alpha value is -3.59. The number of pyridine rings is 1. The summed E-state index contributed by atoms with van der Waals surface area (Å²) in [6.45, 7) is 4.59. The summed E-state index contributed by atoms with van der Waals surface area (Å²) in [5.74, 6) is -0.987. The van der Waals surface area contributed by atoms with E-state index in [0.717, 1.165) is 17.0 Å². The molecule has 0 atom stereocenters. The number of aromatic nitrogens is 2. The zero-order valence-corrected chi connectivity index (χ0v) is 17.0. The number of carbonyl (C=O) groups excluding carboxylic acids is 1. The molecule has 1 fully saturated rings. The van der Waals surface area contributed by atoms with Crippen LogP contribution in [0.2, 0.25) is 0 Å². The highest BCUT2D eigenvalue weighted by Gasteiger charge is 2.24. The zero-order valence-electron chi connectivity index (χ0n) is 17.0. The lowest BCUT2D eigenvalue weighted by Crippen LogP contribution is -2.50. The molecule has 162 valence electrons. The summed E-state index contributed by atoms with van der Waals surface area (Å²) in [5, 5.41) is 19.2. The van der Waals surface area contributed by atoms with Crippen molar-refractivity contribution in [2.24, 2.45) is 0 Å². The van der Waals surface area contributed by atoms with E-state index in [1.807, 2.05) is 19.1 Å². The normalized spacial score (nSPS) is 14.6. The number of hydrogen-bond donors (Lipinski definition) is 2. The van der Waals surface area contributed by atoms with Gasteiger partial charge in [-0.25, -0.2) is 9.18 Å². The van der Waals surface area contributed by atoms with Crippen LogP contribution in [0.5, 0.6) is 11.8 Å². The van der Waals surface area contributed by atoms with E-state index in [1.54, 1.807) is 18.2 Å². The van der Waals surface area contributed by atoms with E-state index in [2.05, 4.69) is 9.88 Å². The standard InChI is InChI=1S/C22H23FN4O4/c1-15-17(18-4-2-3-5-19(18)23)7-6-16(24-15)14-25-10-12-26(13-11-25)22(30)31-27-20(28)8-9-21(27)29/h2-9,28-29H,10-14H2,1H3. The maximum atomic E-state index is 14.1. The Morgan fingerprint density at radius 3 is 2.32 bits per heavy atom. The van der Waals surface area contributed by atoms with Gasteiger partial charge in [-0.2, -0.15) is 0 Å². The molecule has 0 unspecified atom stereocenters. The Morgan fingerprint density at radius 1 is 1.00 bits per heavy atom. The van der Waals surface area contributed by atoms with Crippen molar-refractivity contribution < 1.29 is 24.2 Å². The van der Waals surface area contributed by atoms with E-state index >= 15 is 0 Å². The number of aryl methyl sites for hydroxylation is 1. The van der Waals surface area contributed by atoms with Crippen molar-refractivity contribution in [1.82, 2.24) is 19.5 Å². The lowest BCUT2D eigenvalue weighted by atomic mass is 10.0. The van der Waals surface area contributed by atoms with Crippen molar-refractivity contribution in [2.75, 3.05) is 26.2 Å². The van der Waals surface area contributed by atoms with E-state index in [1.165, 1.54) is 23.1 Å². The van der Waals surface area contributed by atoms with E-state index in [4.69, 9.17) is 4.84 Å². The molecule has 1 aliphatic rings. The largest absolute Gasteiger partial charge is 0.492 e. The van der Waals surface area contributed by atoms with Gasteiger partial charge in [-0.05, 0) is 19.1 Å². The summed E-state index contributed by atoms with van der Waals surface area (Å²) in [6.07, 6.45) is -0.648. The fraction of sp³-hybridized carbons (Fsp3) is 0.273. The smallest absolute Gasteiger partial charge is 0.434 e. The number of amides is 1. The highest BCUT2D eigenvalue weighted by molar-refractivity contribution is 5.68. The first-order valence-electron chi connectivity index (χ1n) is 9.93. The van der Waals surface area contributed by atoms with Gasteiger partial charge in [-0.3, -0.25) is 9.88 Å². The summed E-state index contributed by atoms with van der Waals surface area (Å²) in [5.41, 5.74) is 2.93. The SMILES string of the molecule is Cc1nc(CN2CCN(C(=O)On3c(O)ccc3O)CC2)ccc1-c1ccccc1F. The first kappa shape index (κ1) is 20.7. The molecule has 0 bridgehead atoms. The molecule has 1 aromatic carbocycles. The van der Waals surface area contributed by atoms with Gasteiger partial charge in [0.2, 0.25) is 11.8 Å². The third kappa shape index (κ3) is 4.46. The molecule has 1 aliphatic heterocycles. The Bertz CT molecular complexity index is 1070. The van der Waals surface area contributed by atoms with Crippen LogP contribution in [0.3, 0.4) is 0 Å². The van der Waals surface area contributed by atoms with E-state index < -0.39 is 6.09 Å². The van der Waals surface area contributed by atoms with Gasteiger partial charge in [0.1, 0.15) is 5.82 Å². The number of carbonyl (C=O) groups is 1. The number of piperazine rings is 1. The molecule has 1 amide bonds. The molecule has 31 heavy (non-hydrogen) atoms. The molecule has 9 heteroatoms. The molecule has 4 rings (SSSR count). The molecule has 2 N–H and O–H groups in total. The van der Waals surface area contributed by atoms with Gasteiger partial charge >= 0.3 is 6.09 Å². The average Bonchev–Trinajstić information content (AvgIpc) is 3.07. The van der Waals surface area contributed by atoms with Gasteiger partial charge in [-0.15, -0.1) is 4.73 Å². The molecule has 8 nitrogen and oxygen atoms in total.